The van der Waals surface area contributed by atoms with Gasteiger partial charge in [-0.25, -0.2) is 9.37 Å². The summed E-state index contributed by atoms with van der Waals surface area (Å²) in [4.78, 5) is 7.52. The summed E-state index contributed by atoms with van der Waals surface area (Å²) in [6, 6.07) is 6.04. The molecule has 1 heterocycles. The number of rotatable bonds is 4. The normalized spacial score (nSPS) is 10.5. The Morgan fingerprint density at radius 2 is 1.84 bits per heavy atom. The number of para-hydroxylation sites is 1. The lowest BCUT2D eigenvalue weighted by Crippen LogP contribution is -2.06. The van der Waals surface area contributed by atoms with Crippen molar-refractivity contribution in [2.75, 3.05) is 11.1 Å². The van der Waals surface area contributed by atoms with Crippen molar-refractivity contribution in [1.82, 2.24) is 9.97 Å². The molecule has 0 radical (unpaired) electrons. The average Bonchev–Trinajstić information content (AvgIpc) is 2.43. The zero-order chi connectivity index (χ0) is 13.8. The van der Waals surface area contributed by atoms with Gasteiger partial charge < -0.3 is 11.1 Å². The van der Waals surface area contributed by atoms with Gasteiger partial charge in [-0.05, 0) is 24.0 Å². The molecule has 0 aliphatic heterocycles. The topological polar surface area (TPSA) is 63.8 Å². The number of nitrogens with one attached hydrogen (secondary N) is 1. The minimum absolute atomic E-state index is 0.0518. The van der Waals surface area contributed by atoms with E-state index in [4.69, 9.17) is 5.73 Å². The Balaban J connectivity index is 2.45. The molecule has 0 spiro atoms. The molecule has 2 aromatic rings. The molecule has 1 aromatic heterocycles. The van der Waals surface area contributed by atoms with E-state index in [1.54, 1.807) is 0 Å². The van der Waals surface area contributed by atoms with Crippen molar-refractivity contribution in [1.29, 1.82) is 0 Å². The van der Waals surface area contributed by atoms with Gasteiger partial charge in [-0.2, -0.15) is 4.98 Å². The van der Waals surface area contributed by atoms with Gasteiger partial charge in [0, 0.05) is 5.69 Å². The zero-order valence-corrected chi connectivity index (χ0v) is 11.1. The van der Waals surface area contributed by atoms with Crippen LogP contribution in [0.2, 0.25) is 0 Å². The molecule has 1 aromatic carbocycles. The third-order valence-corrected chi connectivity index (χ3v) is 3.00. The summed E-state index contributed by atoms with van der Waals surface area (Å²) in [6.45, 7) is 4.12. The Labute approximate surface area is 111 Å². The third kappa shape index (κ3) is 2.81. The fraction of sp³-hybridized carbons (Fsp3) is 0.286. The van der Waals surface area contributed by atoms with Gasteiger partial charge in [0.15, 0.2) is 11.6 Å². The highest BCUT2D eigenvalue weighted by Gasteiger charge is 2.11. The van der Waals surface area contributed by atoms with Crippen LogP contribution in [0.25, 0.3) is 0 Å². The van der Waals surface area contributed by atoms with Crippen LogP contribution in [0.1, 0.15) is 25.0 Å². The smallest absolute Gasteiger partial charge is 0.222 e. The van der Waals surface area contributed by atoms with Crippen LogP contribution >= 0.6 is 0 Å². The molecule has 0 fully saturated rings. The van der Waals surface area contributed by atoms with E-state index in [2.05, 4.69) is 29.1 Å². The molecule has 0 amide bonds. The molecule has 0 aliphatic carbocycles. The Hall–Kier alpha value is -2.17. The summed E-state index contributed by atoms with van der Waals surface area (Å²) in [6.07, 6.45) is 2.79. The number of aryl methyl sites for hydroxylation is 2. The first-order valence-corrected chi connectivity index (χ1v) is 6.31. The van der Waals surface area contributed by atoms with E-state index in [-0.39, 0.29) is 11.8 Å². The van der Waals surface area contributed by atoms with Gasteiger partial charge in [0.1, 0.15) is 0 Å². The van der Waals surface area contributed by atoms with Gasteiger partial charge in [0.2, 0.25) is 5.95 Å². The average molecular weight is 260 g/mol. The monoisotopic (exact) mass is 260 g/mol. The van der Waals surface area contributed by atoms with Crippen molar-refractivity contribution in [3.63, 3.8) is 0 Å². The van der Waals surface area contributed by atoms with Gasteiger partial charge in [-0.1, -0.05) is 32.0 Å². The van der Waals surface area contributed by atoms with E-state index < -0.39 is 5.82 Å². The number of nitrogen functional groups attached to an aromatic ring is 1. The minimum atomic E-state index is -0.512. The molecule has 0 atom stereocenters. The highest BCUT2D eigenvalue weighted by molar-refractivity contribution is 5.65. The van der Waals surface area contributed by atoms with Gasteiger partial charge in [0.05, 0.1) is 6.20 Å². The molecule has 3 N–H and O–H groups in total. The van der Waals surface area contributed by atoms with E-state index >= 15 is 0 Å². The van der Waals surface area contributed by atoms with Crippen LogP contribution in [0.5, 0.6) is 0 Å². The van der Waals surface area contributed by atoms with Crippen LogP contribution in [0.15, 0.2) is 24.4 Å². The molecule has 0 aliphatic rings. The van der Waals surface area contributed by atoms with Gasteiger partial charge in [0.25, 0.3) is 0 Å². The Kier molecular flexibility index (Phi) is 3.94. The Bertz CT molecular complexity index is 561. The Morgan fingerprint density at radius 3 is 2.42 bits per heavy atom. The minimum Gasteiger partial charge on any atom is -0.368 e. The molecule has 19 heavy (non-hydrogen) atoms. The number of aromatic nitrogens is 2. The standard InChI is InChI=1S/C14H17FN4/c1-3-9-6-5-7-10(4-2)12(9)18-13-11(15)8-17-14(16)19-13/h5-8H,3-4H2,1-2H3,(H3,16,17,18,19). The lowest BCUT2D eigenvalue weighted by molar-refractivity contribution is 0.619. The van der Waals surface area contributed by atoms with Crippen LogP contribution < -0.4 is 11.1 Å². The maximum atomic E-state index is 13.7. The number of benzene rings is 1. The van der Waals surface area contributed by atoms with Crippen molar-refractivity contribution >= 4 is 17.5 Å². The van der Waals surface area contributed by atoms with Crippen molar-refractivity contribution in [3.05, 3.63) is 41.3 Å². The van der Waals surface area contributed by atoms with Crippen LogP contribution in [0.3, 0.4) is 0 Å². The first-order chi connectivity index (χ1) is 9.15. The highest BCUT2D eigenvalue weighted by atomic mass is 19.1. The predicted molar refractivity (Wildman–Crippen MR) is 74.9 cm³/mol. The van der Waals surface area contributed by atoms with E-state index in [1.807, 2.05) is 18.2 Å². The fourth-order valence-electron chi connectivity index (χ4n) is 1.99. The number of anilines is 3. The maximum absolute atomic E-state index is 13.7. The summed E-state index contributed by atoms with van der Waals surface area (Å²) in [5.74, 6) is -0.346. The van der Waals surface area contributed by atoms with Gasteiger partial charge >= 0.3 is 0 Å². The van der Waals surface area contributed by atoms with Crippen LogP contribution in [0, 0.1) is 5.82 Å². The number of nitrogens with two attached hydrogens (primary N) is 1. The van der Waals surface area contributed by atoms with Crippen LogP contribution in [-0.4, -0.2) is 9.97 Å². The molecule has 100 valence electrons. The molecule has 0 saturated heterocycles. The van der Waals surface area contributed by atoms with Crippen LogP contribution in [0.4, 0.5) is 21.8 Å². The Morgan fingerprint density at radius 1 is 1.21 bits per heavy atom. The van der Waals surface area contributed by atoms with E-state index in [1.165, 1.54) is 0 Å². The van der Waals surface area contributed by atoms with Crippen molar-refractivity contribution in [2.24, 2.45) is 0 Å². The van der Waals surface area contributed by atoms with E-state index in [0.717, 1.165) is 35.9 Å². The third-order valence-electron chi connectivity index (χ3n) is 3.00. The summed E-state index contributed by atoms with van der Waals surface area (Å²) < 4.78 is 13.7. The second-order valence-electron chi connectivity index (χ2n) is 4.21. The van der Waals surface area contributed by atoms with E-state index in [9.17, 15) is 4.39 Å². The van der Waals surface area contributed by atoms with Crippen molar-refractivity contribution in [2.45, 2.75) is 26.7 Å². The van der Waals surface area contributed by atoms with Crippen molar-refractivity contribution in [3.8, 4) is 0 Å². The quantitative estimate of drug-likeness (QED) is 0.886. The fourth-order valence-corrected chi connectivity index (χ4v) is 1.99. The lowest BCUT2D eigenvalue weighted by Gasteiger charge is -2.15. The number of nitrogens with zero attached hydrogens (tertiary/aromatic N) is 2. The number of hydrogen-bond donors (Lipinski definition) is 2. The largest absolute Gasteiger partial charge is 0.368 e. The molecule has 0 bridgehead atoms. The SMILES string of the molecule is CCc1cccc(CC)c1Nc1nc(N)ncc1F. The van der Waals surface area contributed by atoms with E-state index in [0.29, 0.717) is 0 Å². The van der Waals surface area contributed by atoms with Gasteiger partial charge in [-0.15, -0.1) is 0 Å². The zero-order valence-electron chi connectivity index (χ0n) is 11.1. The summed E-state index contributed by atoms with van der Waals surface area (Å²) in [5.41, 5.74) is 8.64. The first-order valence-electron chi connectivity index (χ1n) is 6.31. The summed E-state index contributed by atoms with van der Waals surface area (Å²) >= 11 is 0. The molecule has 4 nitrogen and oxygen atoms in total. The molecule has 2 rings (SSSR count). The lowest BCUT2D eigenvalue weighted by atomic mass is 10.0. The predicted octanol–water partition coefficient (Wildman–Crippen LogP) is 3.07. The number of hydrogen-bond acceptors (Lipinski definition) is 4. The second kappa shape index (κ2) is 5.65. The summed E-state index contributed by atoms with van der Waals surface area (Å²) in [7, 11) is 0. The highest BCUT2D eigenvalue weighted by Crippen LogP contribution is 2.26. The molecule has 0 unspecified atom stereocenters. The number of halogens is 1. The molecule has 0 saturated carbocycles. The van der Waals surface area contributed by atoms with Crippen LogP contribution in [-0.2, 0) is 12.8 Å². The molecule has 5 heteroatoms. The summed E-state index contributed by atoms with van der Waals surface area (Å²) in [5, 5.41) is 3.05. The van der Waals surface area contributed by atoms with Crippen molar-refractivity contribution < 1.29 is 4.39 Å². The molecular formula is C14H17FN4. The first kappa shape index (κ1) is 13.3. The molecular weight excluding hydrogens is 243 g/mol. The van der Waals surface area contributed by atoms with Gasteiger partial charge in [-0.3, -0.25) is 0 Å². The second-order valence-corrected chi connectivity index (χ2v) is 4.21. The maximum Gasteiger partial charge on any atom is 0.222 e.